The van der Waals surface area contributed by atoms with Gasteiger partial charge in [0.2, 0.25) is 0 Å². The van der Waals surface area contributed by atoms with Crippen molar-refractivity contribution in [3.05, 3.63) is 84.0 Å². The highest BCUT2D eigenvalue weighted by atomic mass is 79.9. The number of aromatic hydroxyl groups is 1. The zero-order valence-corrected chi connectivity index (χ0v) is 19.6. The molecule has 4 rings (SSSR count). The van der Waals surface area contributed by atoms with Gasteiger partial charge < -0.3 is 9.52 Å². The summed E-state index contributed by atoms with van der Waals surface area (Å²) in [6.07, 6.45) is 6.84. The van der Waals surface area contributed by atoms with Crippen LogP contribution in [0.2, 0.25) is 0 Å². The molecule has 2 heterocycles. The summed E-state index contributed by atoms with van der Waals surface area (Å²) in [4.78, 5) is 15.2. The van der Waals surface area contributed by atoms with Gasteiger partial charge in [-0.2, -0.15) is 0 Å². The molecule has 1 fully saturated rings. The molecule has 3 aromatic rings. The van der Waals surface area contributed by atoms with Crippen LogP contribution < -0.4 is 5.63 Å². The summed E-state index contributed by atoms with van der Waals surface area (Å²) >= 11 is 5.18. The van der Waals surface area contributed by atoms with Gasteiger partial charge in [0.25, 0.3) is 0 Å². The standard InChI is InChI=1S/C25H27BrO3S/c1-2-3-20-10-11-21(30-20)14-22-23(27)15-24(29-25(22)28)18(12-16-4-5-16)13-17-6-8-19(26)9-7-17/h6-11,15-16,18,27H,2-5,12-14H2,1H3. The van der Waals surface area contributed by atoms with Gasteiger partial charge in [0.05, 0.1) is 5.56 Å². The van der Waals surface area contributed by atoms with E-state index in [4.69, 9.17) is 4.42 Å². The molecule has 1 atom stereocenters. The molecule has 3 nitrogen and oxygen atoms in total. The van der Waals surface area contributed by atoms with Crippen LogP contribution in [-0.4, -0.2) is 5.11 Å². The highest BCUT2D eigenvalue weighted by Crippen LogP contribution is 2.40. The minimum atomic E-state index is -0.410. The van der Waals surface area contributed by atoms with Crippen LogP contribution in [0.1, 0.15) is 65.2 Å². The van der Waals surface area contributed by atoms with Crippen molar-refractivity contribution >= 4 is 27.3 Å². The molecule has 0 aliphatic heterocycles. The summed E-state index contributed by atoms with van der Waals surface area (Å²) in [5, 5.41) is 10.7. The van der Waals surface area contributed by atoms with E-state index in [2.05, 4.69) is 41.1 Å². The first kappa shape index (κ1) is 21.4. The van der Waals surface area contributed by atoms with Gasteiger partial charge in [0, 0.05) is 32.6 Å². The molecule has 1 aromatic carbocycles. The van der Waals surface area contributed by atoms with Crippen molar-refractivity contribution < 1.29 is 9.52 Å². The first-order chi connectivity index (χ1) is 14.5. The van der Waals surface area contributed by atoms with Gasteiger partial charge in [-0.25, -0.2) is 4.79 Å². The Morgan fingerprint density at radius 3 is 2.57 bits per heavy atom. The van der Waals surface area contributed by atoms with E-state index in [1.807, 2.05) is 18.2 Å². The van der Waals surface area contributed by atoms with Crippen LogP contribution in [0.15, 0.2) is 56.1 Å². The number of rotatable bonds is 9. The number of thiophene rings is 1. The first-order valence-corrected chi connectivity index (χ1v) is 12.3. The second kappa shape index (κ2) is 9.52. The van der Waals surface area contributed by atoms with Crippen molar-refractivity contribution in [1.82, 2.24) is 0 Å². The monoisotopic (exact) mass is 486 g/mol. The van der Waals surface area contributed by atoms with Crippen LogP contribution >= 0.6 is 27.3 Å². The molecule has 5 heteroatoms. The number of hydrogen-bond acceptors (Lipinski definition) is 4. The molecule has 0 radical (unpaired) electrons. The van der Waals surface area contributed by atoms with E-state index in [1.54, 1.807) is 17.4 Å². The minimum absolute atomic E-state index is 0.0586. The number of aryl methyl sites for hydroxylation is 1. The normalized spacial score (nSPS) is 14.7. The van der Waals surface area contributed by atoms with E-state index in [-0.39, 0.29) is 11.7 Å². The van der Waals surface area contributed by atoms with Crippen LogP contribution in [0.3, 0.4) is 0 Å². The van der Waals surface area contributed by atoms with E-state index in [9.17, 15) is 9.90 Å². The fourth-order valence-corrected chi connectivity index (χ4v) is 5.32. The molecular formula is C25H27BrO3S. The zero-order chi connectivity index (χ0) is 21.1. The predicted molar refractivity (Wildman–Crippen MR) is 126 cm³/mol. The molecule has 2 aromatic heterocycles. The molecule has 0 saturated heterocycles. The number of benzene rings is 1. The molecule has 30 heavy (non-hydrogen) atoms. The Kier molecular flexibility index (Phi) is 6.79. The molecule has 0 amide bonds. The van der Waals surface area contributed by atoms with Gasteiger partial charge in [0.15, 0.2) is 0 Å². The maximum Gasteiger partial charge on any atom is 0.343 e. The first-order valence-electron chi connectivity index (χ1n) is 10.7. The summed E-state index contributed by atoms with van der Waals surface area (Å²) in [6.45, 7) is 2.16. The fraction of sp³-hybridized carbons (Fsp3) is 0.400. The fourth-order valence-electron chi connectivity index (χ4n) is 3.92. The summed E-state index contributed by atoms with van der Waals surface area (Å²) in [7, 11) is 0. The SMILES string of the molecule is CCCc1ccc(Cc2c(O)cc(C(Cc3ccc(Br)cc3)CC3CC3)oc2=O)s1. The summed E-state index contributed by atoms with van der Waals surface area (Å²) < 4.78 is 6.83. The minimum Gasteiger partial charge on any atom is -0.507 e. The van der Waals surface area contributed by atoms with E-state index >= 15 is 0 Å². The average Bonchev–Trinajstić information content (AvgIpc) is 3.43. The molecular weight excluding hydrogens is 460 g/mol. The van der Waals surface area contributed by atoms with Crippen molar-refractivity contribution in [1.29, 1.82) is 0 Å². The van der Waals surface area contributed by atoms with Crippen molar-refractivity contribution in [2.45, 2.75) is 57.8 Å². The maximum absolute atomic E-state index is 12.8. The van der Waals surface area contributed by atoms with Gasteiger partial charge in [-0.3, -0.25) is 0 Å². The van der Waals surface area contributed by atoms with Crippen LogP contribution in [-0.2, 0) is 19.3 Å². The zero-order valence-electron chi connectivity index (χ0n) is 17.2. The lowest BCUT2D eigenvalue weighted by atomic mass is 9.91. The summed E-state index contributed by atoms with van der Waals surface area (Å²) in [5.41, 5.74) is 1.15. The average molecular weight is 487 g/mol. The number of halogens is 1. The third kappa shape index (κ3) is 5.44. The van der Waals surface area contributed by atoms with Crippen molar-refractivity contribution in [2.75, 3.05) is 0 Å². The molecule has 1 aliphatic carbocycles. The third-order valence-corrected chi connectivity index (χ3v) is 7.40. The molecule has 0 spiro atoms. The van der Waals surface area contributed by atoms with Crippen molar-refractivity contribution in [2.24, 2.45) is 5.92 Å². The Balaban J connectivity index is 1.56. The van der Waals surface area contributed by atoms with E-state index in [0.717, 1.165) is 35.0 Å². The lowest BCUT2D eigenvalue weighted by Crippen LogP contribution is -2.13. The summed E-state index contributed by atoms with van der Waals surface area (Å²) in [5.74, 6) is 1.46. The number of hydrogen-bond donors (Lipinski definition) is 1. The van der Waals surface area contributed by atoms with Crippen LogP contribution in [0.5, 0.6) is 5.75 Å². The summed E-state index contributed by atoms with van der Waals surface area (Å²) in [6, 6.07) is 14.1. The Morgan fingerprint density at radius 1 is 1.17 bits per heavy atom. The smallest absolute Gasteiger partial charge is 0.343 e. The van der Waals surface area contributed by atoms with Gasteiger partial charge in [-0.05, 0) is 55.0 Å². The van der Waals surface area contributed by atoms with Crippen LogP contribution in [0.25, 0.3) is 0 Å². The molecule has 1 unspecified atom stereocenters. The Bertz CT molecular complexity index is 1050. The van der Waals surface area contributed by atoms with Gasteiger partial charge in [-0.1, -0.05) is 54.2 Å². The molecule has 158 valence electrons. The van der Waals surface area contributed by atoms with Crippen LogP contribution in [0, 0.1) is 5.92 Å². The Morgan fingerprint density at radius 2 is 1.90 bits per heavy atom. The largest absolute Gasteiger partial charge is 0.507 e. The molecule has 0 bridgehead atoms. The van der Waals surface area contributed by atoms with E-state index < -0.39 is 5.63 Å². The highest BCUT2D eigenvalue weighted by Gasteiger charge is 2.29. The van der Waals surface area contributed by atoms with Crippen molar-refractivity contribution in [3.63, 3.8) is 0 Å². The Hall–Kier alpha value is -1.85. The van der Waals surface area contributed by atoms with Gasteiger partial charge >= 0.3 is 5.63 Å². The lowest BCUT2D eigenvalue weighted by Gasteiger charge is -2.17. The van der Waals surface area contributed by atoms with Gasteiger partial charge in [-0.15, -0.1) is 11.3 Å². The maximum atomic E-state index is 12.8. The van der Waals surface area contributed by atoms with E-state index in [0.29, 0.717) is 23.7 Å². The predicted octanol–water partition coefficient (Wildman–Crippen LogP) is 6.84. The second-order valence-corrected chi connectivity index (χ2v) is 10.5. The lowest BCUT2D eigenvalue weighted by molar-refractivity contribution is 0.377. The van der Waals surface area contributed by atoms with Crippen LogP contribution in [0.4, 0.5) is 0 Å². The molecule has 1 saturated carbocycles. The van der Waals surface area contributed by atoms with E-state index in [1.165, 1.54) is 23.3 Å². The van der Waals surface area contributed by atoms with Gasteiger partial charge in [0.1, 0.15) is 11.5 Å². The molecule has 1 aliphatic rings. The molecule has 1 N–H and O–H groups in total. The Labute approximate surface area is 189 Å². The quantitative estimate of drug-likeness (QED) is 0.360. The second-order valence-electron chi connectivity index (χ2n) is 8.30. The van der Waals surface area contributed by atoms with Crippen molar-refractivity contribution in [3.8, 4) is 5.75 Å². The highest BCUT2D eigenvalue weighted by molar-refractivity contribution is 9.10. The third-order valence-electron chi connectivity index (χ3n) is 5.72. The topological polar surface area (TPSA) is 50.4 Å².